The van der Waals surface area contributed by atoms with E-state index in [-0.39, 0.29) is 4.90 Å². The predicted octanol–water partition coefficient (Wildman–Crippen LogP) is 4.74. The van der Waals surface area contributed by atoms with Crippen LogP contribution < -0.4 is 4.72 Å². The summed E-state index contributed by atoms with van der Waals surface area (Å²) in [5.41, 5.74) is 1.30. The highest BCUT2D eigenvalue weighted by atomic mass is 32.2. The van der Waals surface area contributed by atoms with Crippen LogP contribution in [0.3, 0.4) is 0 Å². The number of aromatic nitrogens is 1. The van der Waals surface area contributed by atoms with Crippen molar-refractivity contribution in [2.75, 3.05) is 4.72 Å². The van der Waals surface area contributed by atoms with Gasteiger partial charge in [0.25, 0.3) is 10.0 Å². The lowest BCUT2D eigenvalue weighted by atomic mass is 10.3. The van der Waals surface area contributed by atoms with E-state index in [1.165, 1.54) is 23.5 Å². The highest BCUT2D eigenvalue weighted by Gasteiger charge is 2.15. The van der Waals surface area contributed by atoms with Crippen LogP contribution in [0.2, 0.25) is 0 Å². The normalized spacial score (nSPS) is 12.0. The number of fused-ring (bicyclic) bond motifs is 1. The molecule has 0 fully saturated rings. The first-order chi connectivity index (χ1) is 11.3. The van der Waals surface area contributed by atoms with Crippen molar-refractivity contribution in [3.8, 4) is 0 Å². The third-order valence-corrected chi connectivity index (χ3v) is 6.59. The Morgan fingerprint density at radius 1 is 1.17 bits per heavy atom. The fourth-order valence-corrected chi connectivity index (χ4v) is 5.43. The second-order valence-corrected chi connectivity index (χ2v) is 9.92. The summed E-state index contributed by atoms with van der Waals surface area (Å²) in [5.74, 6) is -0.477. The smallest absolute Gasteiger partial charge is 0.261 e. The molecule has 0 bridgehead atoms. The van der Waals surface area contributed by atoms with Gasteiger partial charge in [-0.25, -0.2) is 17.8 Å². The number of nitrogens with one attached hydrogen (secondary N) is 1. The molecule has 1 N–H and O–H groups in total. The van der Waals surface area contributed by atoms with Crippen LogP contribution in [0.25, 0.3) is 10.2 Å². The number of sulfonamides is 1. The van der Waals surface area contributed by atoms with Crippen molar-refractivity contribution in [3.05, 3.63) is 48.3 Å². The highest BCUT2D eigenvalue weighted by molar-refractivity contribution is 8.01. The first kappa shape index (κ1) is 17.2. The average molecular weight is 383 g/mol. The van der Waals surface area contributed by atoms with E-state index in [0.717, 1.165) is 26.7 Å². The van der Waals surface area contributed by atoms with E-state index >= 15 is 0 Å². The minimum absolute atomic E-state index is 0.0179. The van der Waals surface area contributed by atoms with E-state index in [2.05, 4.69) is 23.6 Å². The molecule has 0 saturated carbocycles. The van der Waals surface area contributed by atoms with Crippen LogP contribution in [0.4, 0.5) is 10.1 Å². The van der Waals surface area contributed by atoms with Gasteiger partial charge < -0.3 is 0 Å². The molecule has 0 spiro atoms. The molecule has 2 aromatic carbocycles. The molecular weight excluding hydrogens is 367 g/mol. The Bertz CT molecular complexity index is 967. The molecule has 3 aromatic rings. The molecular formula is C16H15FN2O2S3. The molecule has 3 rings (SSSR count). The summed E-state index contributed by atoms with van der Waals surface area (Å²) in [5, 5.41) is 0.432. The van der Waals surface area contributed by atoms with Crippen LogP contribution in [-0.2, 0) is 10.0 Å². The van der Waals surface area contributed by atoms with Gasteiger partial charge in [0.05, 0.1) is 20.8 Å². The zero-order chi connectivity index (χ0) is 17.3. The van der Waals surface area contributed by atoms with Crippen LogP contribution in [0, 0.1) is 5.82 Å². The topological polar surface area (TPSA) is 59.1 Å². The van der Waals surface area contributed by atoms with Gasteiger partial charge in [-0.1, -0.05) is 25.6 Å². The van der Waals surface area contributed by atoms with Crippen LogP contribution in [-0.4, -0.2) is 18.7 Å². The third kappa shape index (κ3) is 3.88. The number of hydrogen-bond donors (Lipinski definition) is 1. The lowest BCUT2D eigenvalue weighted by molar-refractivity contribution is 0.599. The number of rotatable bonds is 5. The van der Waals surface area contributed by atoms with Crippen molar-refractivity contribution in [1.29, 1.82) is 0 Å². The van der Waals surface area contributed by atoms with Gasteiger partial charge in [-0.15, -0.1) is 11.3 Å². The standard InChI is InChI=1S/C16H15FN2O2S3/c1-10(2)22-16-18-14-8-5-12(9-15(14)23-16)19-24(20,21)13-6-3-11(17)4-7-13/h3-10,19H,1-2H3. The molecule has 24 heavy (non-hydrogen) atoms. The number of hydrogen-bond acceptors (Lipinski definition) is 5. The third-order valence-electron chi connectivity index (χ3n) is 3.08. The van der Waals surface area contributed by atoms with Crippen molar-refractivity contribution < 1.29 is 12.8 Å². The summed E-state index contributed by atoms with van der Waals surface area (Å²) < 4.78 is 42.0. The molecule has 0 atom stereocenters. The van der Waals surface area contributed by atoms with Gasteiger partial charge in [-0.05, 0) is 42.5 Å². The Balaban J connectivity index is 1.88. The van der Waals surface area contributed by atoms with E-state index in [1.807, 2.05) is 0 Å². The lowest BCUT2D eigenvalue weighted by Crippen LogP contribution is -2.12. The Morgan fingerprint density at radius 3 is 2.54 bits per heavy atom. The number of nitrogens with zero attached hydrogens (tertiary/aromatic N) is 1. The number of anilines is 1. The van der Waals surface area contributed by atoms with Gasteiger partial charge in [-0.2, -0.15) is 0 Å². The summed E-state index contributed by atoms with van der Waals surface area (Å²) in [6.45, 7) is 4.19. The van der Waals surface area contributed by atoms with E-state index < -0.39 is 15.8 Å². The SMILES string of the molecule is CC(C)Sc1nc2ccc(NS(=O)(=O)c3ccc(F)cc3)cc2s1. The number of thioether (sulfide) groups is 1. The summed E-state index contributed by atoms with van der Waals surface area (Å²) in [7, 11) is -3.75. The molecule has 0 aliphatic carbocycles. The molecule has 1 heterocycles. The second kappa shape index (κ2) is 6.70. The first-order valence-corrected chi connectivity index (χ1v) is 10.4. The summed E-state index contributed by atoms with van der Waals surface area (Å²) >= 11 is 3.21. The quantitative estimate of drug-likeness (QED) is 0.648. The Hall–Kier alpha value is -1.64. The van der Waals surface area contributed by atoms with Gasteiger partial charge in [-0.3, -0.25) is 4.72 Å². The lowest BCUT2D eigenvalue weighted by Gasteiger charge is -2.07. The molecule has 0 saturated heterocycles. The van der Waals surface area contributed by atoms with Crippen LogP contribution in [0.1, 0.15) is 13.8 Å². The van der Waals surface area contributed by atoms with E-state index in [9.17, 15) is 12.8 Å². The number of benzene rings is 2. The maximum atomic E-state index is 12.9. The molecule has 0 unspecified atom stereocenters. The van der Waals surface area contributed by atoms with Crippen LogP contribution in [0.15, 0.2) is 51.7 Å². The van der Waals surface area contributed by atoms with Gasteiger partial charge in [0.15, 0.2) is 4.34 Å². The fourth-order valence-electron chi connectivity index (χ4n) is 2.05. The molecule has 0 radical (unpaired) electrons. The molecule has 8 heteroatoms. The van der Waals surface area contributed by atoms with E-state index in [1.54, 1.807) is 30.0 Å². The van der Waals surface area contributed by atoms with Crippen molar-refractivity contribution in [2.24, 2.45) is 0 Å². The van der Waals surface area contributed by atoms with Crippen LogP contribution in [0.5, 0.6) is 0 Å². The summed E-state index contributed by atoms with van der Waals surface area (Å²) in [4.78, 5) is 4.54. The minimum atomic E-state index is -3.75. The van der Waals surface area contributed by atoms with Gasteiger partial charge in [0.2, 0.25) is 0 Å². The van der Waals surface area contributed by atoms with E-state index in [4.69, 9.17) is 0 Å². The molecule has 4 nitrogen and oxygen atoms in total. The first-order valence-electron chi connectivity index (χ1n) is 7.19. The predicted molar refractivity (Wildman–Crippen MR) is 97.8 cm³/mol. The summed E-state index contributed by atoms with van der Waals surface area (Å²) in [6, 6.07) is 9.94. The molecule has 1 aromatic heterocycles. The van der Waals surface area contributed by atoms with Crippen molar-refractivity contribution >= 4 is 49.0 Å². The van der Waals surface area contributed by atoms with Gasteiger partial charge >= 0.3 is 0 Å². The minimum Gasteiger partial charge on any atom is -0.280 e. The van der Waals surface area contributed by atoms with Gasteiger partial charge in [0, 0.05) is 5.25 Å². The maximum Gasteiger partial charge on any atom is 0.261 e. The Morgan fingerprint density at radius 2 is 1.88 bits per heavy atom. The highest BCUT2D eigenvalue weighted by Crippen LogP contribution is 2.33. The second-order valence-electron chi connectivity index (χ2n) is 5.39. The Labute approximate surface area is 148 Å². The molecule has 0 aliphatic rings. The summed E-state index contributed by atoms with van der Waals surface area (Å²) in [6.07, 6.45) is 0. The van der Waals surface area contributed by atoms with E-state index in [0.29, 0.717) is 10.9 Å². The fraction of sp³-hybridized carbons (Fsp3) is 0.188. The van der Waals surface area contributed by atoms with Crippen molar-refractivity contribution in [2.45, 2.75) is 28.3 Å². The molecule has 126 valence electrons. The number of halogens is 1. The van der Waals surface area contributed by atoms with Crippen LogP contribution >= 0.6 is 23.1 Å². The van der Waals surface area contributed by atoms with Crippen molar-refractivity contribution in [1.82, 2.24) is 4.98 Å². The molecule has 0 amide bonds. The number of thiazole rings is 1. The average Bonchev–Trinajstić information content (AvgIpc) is 2.87. The maximum absolute atomic E-state index is 12.9. The Kier molecular flexibility index (Phi) is 4.80. The molecule has 0 aliphatic heterocycles. The van der Waals surface area contributed by atoms with Gasteiger partial charge in [0.1, 0.15) is 5.82 Å². The largest absolute Gasteiger partial charge is 0.280 e. The zero-order valence-corrected chi connectivity index (χ0v) is 15.4. The zero-order valence-electron chi connectivity index (χ0n) is 13.0. The van der Waals surface area contributed by atoms with Crippen molar-refractivity contribution in [3.63, 3.8) is 0 Å². The monoisotopic (exact) mass is 382 g/mol.